The zero-order valence-corrected chi connectivity index (χ0v) is 8.25. The number of hydrogen-bond donors (Lipinski definition) is 0. The summed E-state index contributed by atoms with van der Waals surface area (Å²) in [6.45, 7) is 2.03. The van der Waals surface area contributed by atoms with E-state index in [1.165, 1.54) is 4.70 Å². The minimum Gasteiger partial charge on any atom is -0.272 e. The van der Waals surface area contributed by atoms with Crippen molar-refractivity contribution in [1.82, 2.24) is 4.98 Å². The molecule has 0 fully saturated rings. The van der Waals surface area contributed by atoms with E-state index in [4.69, 9.17) is 0 Å². The van der Waals surface area contributed by atoms with Crippen LogP contribution in [0, 0.1) is 13.0 Å². The molecule has 0 amide bonds. The van der Waals surface area contributed by atoms with Gasteiger partial charge >= 0.3 is 0 Å². The molecule has 0 saturated heterocycles. The number of rotatable bonds is 0. The largest absolute Gasteiger partial charge is 0.272 e. The minimum atomic E-state index is 0. The maximum absolute atomic E-state index is 4.14. The molecule has 0 bridgehead atoms. The van der Waals surface area contributed by atoms with E-state index >= 15 is 0 Å². The summed E-state index contributed by atoms with van der Waals surface area (Å²) in [5.74, 6) is 0. The molecule has 0 unspecified atom stereocenters. The van der Waals surface area contributed by atoms with E-state index < -0.39 is 0 Å². The van der Waals surface area contributed by atoms with Gasteiger partial charge in [-0.25, -0.2) is 0 Å². The third-order valence-electron chi connectivity index (χ3n) is 1.40. The second-order valence-corrected chi connectivity index (χ2v) is 3.09. The fourth-order valence-electron chi connectivity index (χ4n) is 0.896. The molecule has 0 aliphatic carbocycles. The molecule has 2 aromatic rings. The van der Waals surface area contributed by atoms with Crippen molar-refractivity contribution >= 4 is 21.6 Å². The van der Waals surface area contributed by atoms with Crippen LogP contribution in [0.4, 0.5) is 0 Å². The Bertz CT molecular complexity index is 356. The molecule has 0 N–H and O–H groups in total. The molecular formula is C8H6NSV-. The third kappa shape index (κ3) is 1.64. The fraction of sp³-hybridized carbons (Fsp3) is 0.125. The molecular weight excluding hydrogens is 193 g/mol. The Morgan fingerprint density at radius 1 is 1.45 bits per heavy atom. The van der Waals surface area contributed by atoms with Gasteiger partial charge in [-0.3, -0.25) is 4.98 Å². The third-order valence-corrected chi connectivity index (χ3v) is 2.19. The second kappa shape index (κ2) is 3.39. The number of thiazole rings is 1. The van der Waals surface area contributed by atoms with Gasteiger partial charge in [-0.1, -0.05) is 11.6 Å². The van der Waals surface area contributed by atoms with Gasteiger partial charge in [0.05, 0.1) is 5.51 Å². The Morgan fingerprint density at radius 3 is 3.09 bits per heavy atom. The quantitative estimate of drug-likeness (QED) is 0.593. The van der Waals surface area contributed by atoms with Crippen molar-refractivity contribution in [1.29, 1.82) is 0 Å². The molecule has 55 valence electrons. The summed E-state index contributed by atoms with van der Waals surface area (Å²) in [4.78, 5) is 4.14. The fourth-order valence-corrected chi connectivity index (χ4v) is 1.53. The van der Waals surface area contributed by atoms with Gasteiger partial charge in [-0.15, -0.1) is 0 Å². The van der Waals surface area contributed by atoms with Crippen LogP contribution >= 0.6 is 11.3 Å². The predicted molar refractivity (Wildman–Crippen MR) is 43.2 cm³/mol. The Kier molecular flexibility index (Phi) is 2.71. The van der Waals surface area contributed by atoms with Crippen LogP contribution in [0.25, 0.3) is 10.2 Å². The van der Waals surface area contributed by atoms with Crippen LogP contribution in [-0.2, 0) is 18.6 Å². The zero-order chi connectivity index (χ0) is 6.97. The minimum absolute atomic E-state index is 0. The monoisotopic (exact) mass is 199 g/mol. The normalized spacial score (nSPS) is 9.55. The maximum Gasteiger partial charge on any atom is 0.0657 e. The number of benzene rings is 1. The summed E-state index contributed by atoms with van der Waals surface area (Å²) in [5.41, 5.74) is 3.99. The van der Waals surface area contributed by atoms with Crippen molar-refractivity contribution in [2.75, 3.05) is 0 Å². The number of fused-ring (bicyclic) bond motifs is 1. The van der Waals surface area contributed by atoms with Crippen LogP contribution in [0.15, 0.2) is 17.6 Å². The molecule has 2 rings (SSSR count). The van der Waals surface area contributed by atoms with Crippen LogP contribution in [0.1, 0.15) is 5.56 Å². The summed E-state index contributed by atoms with van der Waals surface area (Å²) in [6.07, 6.45) is 0. The van der Waals surface area contributed by atoms with Crippen molar-refractivity contribution in [3.05, 3.63) is 29.3 Å². The van der Waals surface area contributed by atoms with E-state index in [-0.39, 0.29) is 18.6 Å². The average Bonchev–Trinajstić information content (AvgIpc) is 2.33. The van der Waals surface area contributed by atoms with Gasteiger partial charge in [0.1, 0.15) is 0 Å². The van der Waals surface area contributed by atoms with Gasteiger partial charge in [0.2, 0.25) is 0 Å². The first-order valence-corrected chi connectivity index (χ1v) is 3.96. The molecule has 1 aromatic carbocycles. The van der Waals surface area contributed by atoms with Crippen molar-refractivity contribution in [2.24, 2.45) is 0 Å². The molecule has 0 aliphatic heterocycles. The van der Waals surface area contributed by atoms with E-state index in [2.05, 4.69) is 23.2 Å². The Hall–Kier alpha value is -0.306. The van der Waals surface area contributed by atoms with E-state index in [0.717, 1.165) is 11.1 Å². The van der Waals surface area contributed by atoms with Gasteiger partial charge in [-0.05, 0) is 5.52 Å². The smallest absolute Gasteiger partial charge is 0.0657 e. The SMILES string of the molecule is Cc1[c-]c2ncsc2cc1.[V]. The molecule has 0 atom stereocenters. The van der Waals surface area contributed by atoms with Gasteiger partial charge in [0, 0.05) is 18.6 Å². The number of aryl methyl sites for hydroxylation is 1. The van der Waals surface area contributed by atoms with Gasteiger partial charge in [0.25, 0.3) is 0 Å². The van der Waals surface area contributed by atoms with E-state index in [1.54, 1.807) is 11.3 Å². The molecule has 1 aromatic heterocycles. The Balaban J connectivity index is 0.000000605. The van der Waals surface area contributed by atoms with Crippen LogP contribution < -0.4 is 0 Å². The van der Waals surface area contributed by atoms with E-state index in [9.17, 15) is 0 Å². The Morgan fingerprint density at radius 2 is 2.27 bits per heavy atom. The number of hydrogen-bond acceptors (Lipinski definition) is 2. The van der Waals surface area contributed by atoms with Crippen LogP contribution in [0.2, 0.25) is 0 Å². The Labute approximate surface area is 81.3 Å². The molecule has 11 heavy (non-hydrogen) atoms. The summed E-state index contributed by atoms with van der Waals surface area (Å²) >= 11 is 1.65. The topological polar surface area (TPSA) is 12.9 Å². The second-order valence-electron chi connectivity index (χ2n) is 2.21. The summed E-state index contributed by atoms with van der Waals surface area (Å²) < 4.78 is 1.21. The van der Waals surface area contributed by atoms with Crippen LogP contribution in [-0.4, -0.2) is 4.98 Å². The van der Waals surface area contributed by atoms with Gasteiger partial charge in [0.15, 0.2) is 0 Å². The first kappa shape index (κ1) is 8.79. The standard InChI is InChI=1S/C8H6NS.V/c1-6-2-3-8-7(4-6)9-5-10-8;/h2-3,5H,1H3;/q-1;. The van der Waals surface area contributed by atoms with Crippen molar-refractivity contribution in [3.8, 4) is 0 Å². The van der Waals surface area contributed by atoms with Crippen molar-refractivity contribution in [2.45, 2.75) is 6.92 Å². The zero-order valence-electron chi connectivity index (χ0n) is 6.03. The first-order valence-electron chi connectivity index (χ1n) is 3.08. The van der Waals surface area contributed by atoms with Crippen molar-refractivity contribution in [3.63, 3.8) is 0 Å². The van der Waals surface area contributed by atoms with E-state index in [0.29, 0.717) is 0 Å². The molecule has 0 aliphatic rings. The van der Waals surface area contributed by atoms with Crippen LogP contribution in [0.5, 0.6) is 0 Å². The maximum atomic E-state index is 4.14. The van der Waals surface area contributed by atoms with Gasteiger partial charge in [-0.2, -0.15) is 35.1 Å². The first-order chi connectivity index (χ1) is 4.86. The van der Waals surface area contributed by atoms with Gasteiger partial charge < -0.3 is 0 Å². The molecule has 1 heterocycles. The summed E-state index contributed by atoms with van der Waals surface area (Å²) in [5, 5.41) is 0. The molecule has 0 spiro atoms. The predicted octanol–water partition coefficient (Wildman–Crippen LogP) is 2.40. The summed E-state index contributed by atoms with van der Waals surface area (Å²) in [7, 11) is 0. The number of nitrogens with zero attached hydrogens (tertiary/aromatic N) is 1. The van der Waals surface area contributed by atoms with Crippen LogP contribution in [0.3, 0.4) is 0 Å². The average molecular weight is 199 g/mol. The molecule has 1 radical (unpaired) electrons. The molecule has 3 heteroatoms. The number of aromatic nitrogens is 1. The van der Waals surface area contributed by atoms with E-state index in [1.807, 2.05) is 12.4 Å². The molecule has 0 saturated carbocycles. The van der Waals surface area contributed by atoms with Crippen molar-refractivity contribution < 1.29 is 18.6 Å². The molecule has 1 nitrogen and oxygen atoms in total. The summed E-state index contributed by atoms with van der Waals surface area (Å²) in [6, 6.07) is 7.31.